The van der Waals surface area contributed by atoms with Crippen LogP contribution < -0.4 is 10.1 Å². The fourth-order valence-electron chi connectivity index (χ4n) is 3.29. The van der Waals surface area contributed by atoms with Gasteiger partial charge in [-0.3, -0.25) is 9.59 Å². The van der Waals surface area contributed by atoms with Gasteiger partial charge in [0, 0.05) is 24.7 Å². The Morgan fingerprint density at radius 3 is 2.25 bits per heavy atom. The molecule has 0 bridgehead atoms. The Morgan fingerprint density at radius 1 is 1.04 bits per heavy atom. The summed E-state index contributed by atoms with van der Waals surface area (Å²) in [6, 6.07) is 10.7. The monoisotopic (exact) mass is 420 g/mol. The van der Waals surface area contributed by atoms with Gasteiger partial charge >= 0.3 is 0 Å². The average molecular weight is 421 g/mol. The number of aryl methyl sites for hydroxylation is 1. The summed E-state index contributed by atoms with van der Waals surface area (Å²) in [5.74, 6) is -0.0223. The van der Waals surface area contributed by atoms with E-state index >= 15 is 0 Å². The molecular weight excluding hydrogens is 399 g/mol. The maximum Gasteiger partial charge on any atom is 0.259 e. The van der Waals surface area contributed by atoms with Gasteiger partial charge in [-0.25, -0.2) is 0 Å². The number of halogens is 2. The lowest BCUT2D eigenvalue weighted by Gasteiger charge is -2.33. The first-order valence-corrected chi connectivity index (χ1v) is 9.85. The highest BCUT2D eigenvalue weighted by Crippen LogP contribution is 2.35. The number of hydrogen-bond acceptors (Lipinski definition) is 3. The van der Waals surface area contributed by atoms with Crippen molar-refractivity contribution in [2.45, 2.75) is 25.8 Å². The molecule has 1 N–H and O–H groups in total. The number of carbonyl (C=O) groups excluding carboxylic acids is 2. The fraction of sp³-hybridized carbons (Fsp3) is 0.333. The standard InChI is InChI=1S/C21H22Cl2N2O3/c1-13-3-5-14(6-4-13)20(26)24-15-9-11-25(12-10-15)21(27)18-16(22)7-8-17(23)19(18)28-2/h3-8,15H,9-12H2,1-2H3,(H,24,26). The number of nitrogens with zero attached hydrogens (tertiary/aromatic N) is 1. The summed E-state index contributed by atoms with van der Waals surface area (Å²) in [4.78, 5) is 27.1. The van der Waals surface area contributed by atoms with Crippen molar-refractivity contribution in [3.05, 3.63) is 63.1 Å². The molecule has 3 rings (SSSR count). The van der Waals surface area contributed by atoms with E-state index in [4.69, 9.17) is 27.9 Å². The Balaban J connectivity index is 1.63. The van der Waals surface area contributed by atoms with Crippen LogP contribution >= 0.6 is 23.2 Å². The van der Waals surface area contributed by atoms with Crippen LogP contribution in [0.25, 0.3) is 0 Å². The molecule has 148 valence electrons. The summed E-state index contributed by atoms with van der Waals surface area (Å²) in [6.45, 7) is 3.02. The van der Waals surface area contributed by atoms with Crippen molar-refractivity contribution in [2.75, 3.05) is 20.2 Å². The van der Waals surface area contributed by atoms with Gasteiger partial charge in [0.15, 0.2) is 5.75 Å². The van der Waals surface area contributed by atoms with Crippen LogP contribution in [0, 0.1) is 6.92 Å². The van der Waals surface area contributed by atoms with E-state index in [0.717, 1.165) is 5.56 Å². The van der Waals surface area contributed by atoms with Crippen LogP contribution in [0.2, 0.25) is 10.0 Å². The molecule has 0 spiro atoms. The van der Waals surface area contributed by atoms with Crippen LogP contribution in [-0.4, -0.2) is 43.0 Å². The molecule has 2 aromatic carbocycles. The number of likely N-dealkylation sites (tertiary alicyclic amines) is 1. The molecule has 0 unspecified atom stereocenters. The first-order valence-electron chi connectivity index (χ1n) is 9.09. The summed E-state index contributed by atoms with van der Waals surface area (Å²) < 4.78 is 5.28. The SMILES string of the molecule is COc1c(Cl)ccc(Cl)c1C(=O)N1CCC(NC(=O)c2ccc(C)cc2)CC1. The topological polar surface area (TPSA) is 58.6 Å². The van der Waals surface area contributed by atoms with E-state index in [0.29, 0.717) is 41.5 Å². The Labute approximate surface area is 174 Å². The summed E-state index contributed by atoms with van der Waals surface area (Å²) >= 11 is 12.4. The molecule has 1 saturated heterocycles. The van der Waals surface area contributed by atoms with Gasteiger partial charge in [-0.2, -0.15) is 0 Å². The maximum absolute atomic E-state index is 13.0. The predicted molar refractivity (Wildman–Crippen MR) is 111 cm³/mol. The quantitative estimate of drug-likeness (QED) is 0.799. The molecule has 0 radical (unpaired) electrons. The van der Waals surface area contributed by atoms with Gasteiger partial charge in [-0.15, -0.1) is 0 Å². The zero-order valence-corrected chi connectivity index (χ0v) is 17.3. The number of benzene rings is 2. The lowest BCUT2D eigenvalue weighted by atomic mass is 10.0. The van der Waals surface area contributed by atoms with Gasteiger partial charge in [-0.05, 0) is 44.0 Å². The van der Waals surface area contributed by atoms with Gasteiger partial charge in [0.1, 0.15) is 5.56 Å². The van der Waals surface area contributed by atoms with Crippen LogP contribution in [-0.2, 0) is 0 Å². The van der Waals surface area contributed by atoms with Crippen LogP contribution in [0.4, 0.5) is 0 Å². The number of ether oxygens (including phenoxy) is 1. The molecule has 28 heavy (non-hydrogen) atoms. The van der Waals surface area contributed by atoms with E-state index in [-0.39, 0.29) is 29.2 Å². The third kappa shape index (κ3) is 4.42. The van der Waals surface area contributed by atoms with Gasteiger partial charge in [0.2, 0.25) is 0 Å². The lowest BCUT2D eigenvalue weighted by Crippen LogP contribution is -2.46. The highest BCUT2D eigenvalue weighted by atomic mass is 35.5. The third-order valence-electron chi connectivity index (χ3n) is 4.91. The zero-order chi connectivity index (χ0) is 20.3. The van der Waals surface area contributed by atoms with Crippen molar-refractivity contribution in [1.29, 1.82) is 0 Å². The highest BCUT2D eigenvalue weighted by molar-refractivity contribution is 6.37. The molecule has 5 nitrogen and oxygen atoms in total. The summed E-state index contributed by atoms with van der Waals surface area (Å²) in [5, 5.41) is 3.70. The molecule has 2 aromatic rings. The molecule has 1 aliphatic heterocycles. The lowest BCUT2D eigenvalue weighted by molar-refractivity contribution is 0.0695. The second-order valence-electron chi connectivity index (χ2n) is 6.84. The van der Waals surface area contributed by atoms with Crippen molar-refractivity contribution in [3.63, 3.8) is 0 Å². The Bertz CT molecular complexity index is 876. The molecule has 1 fully saturated rings. The molecule has 2 amide bonds. The van der Waals surface area contributed by atoms with E-state index in [1.165, 1.54) is 7.11 Å². The predicted octanol–water partition coefficient (Wildman–Crippen LogP) is 4.35. The van der Waals surface area contributed by atoms with E-state index < -0.39 is 0 Å². The minimum absolute atomic E-state index is 0.0228. The average Bonchev–Trinajstić information content (AvgIpc) is 2.70. The first kappa shape index (κ1) is 20.5. The van der Waals surface area contributed by atoms with Crippen molar-refractivity contribution < 1.29 is 14.3 Å². The molecule has 0 saturated carbocycles. The van der Waals surface area contributed by atoms with E-state index in [2.05, 4.69) is 5.32 Å². The van der Waals surface area contributed by atoms with Gasteiger partial charge in [0.25, 0.3) is 11.8 Å². The minimum Gasteiger partial charge on any atom is -0.494 e. The number of piperidine rings is 1. The summed E-state index contributed by atoms with van der Waals surface area (Å²) in [5.41, 5.74) is 2.02. The molecule has 0 aliphatic carbocycles. The molecule has 0 atom stereocenters. The van der Waals surface area contributed by atoms with E-state index in [1.807, 2.05) is 31.2 Å². The maximum atomic E-state index is 13.0. The van der Waals surface area contributed by atoms with Gasteiger partial charge in [-0.1, -0.05) is 40.9 Å². The fourth-order valence-corrected chi connectivity index (χ4v) is 3.76. The molecule has 1 heterocycles. The Hall–Kier alpha value is -2.24. The zero-order valence-electron chi connectivity index (χ0n) is 15.8. The van der Waals surface area contributed by atoms with Crippen LogP contribution in [0.1, 0.15) is 39.1 Å². The van der Waals surface area contributed by atoms with Crippen molar-refractivity contribution in [1.82, 2.24) is 10.2 Å². The molecule has 7 heteroatoms. The second kappa shape index (κ2) is 8.84. The highest BCUT2D eigenvalue weighted by Gasteiger charge is 2.28. The normalized spacial score (nSPS) is 14.6. The van der Waals surface area contributed by atoms with Crippen LogP contribution in [0.5, 0.6) is 5.75 Å². The summed E-state index contributed by atoms with van der Waals surface area (Å²) in [7, 11) is 1.46. The number of rotatable bonds is 4. The number of methoxy groups -OCH3 is 1. The number of nitrogens with one attached hydrogen (secondary N) is 1. The number of carbonyl (C=O) groups is 2. The Morgan fingerprint density at radius 2 is 1.64 bits per heavy atom. The molecular formula is C21H22Cl2N2O3. The third-order valence-corrected chi connectivity index (χ3v) is 5.52. The largest absolute Gasteiger partial charge is 0.494 e. The molecule has 0 aromatic heterocycles. The van der Waals surface area contributed by atoms with Crippen molar-refractivity contribution in [3.8, 4) is 5.75 Å². The molecule has 1 aliphatic rings. The number of hydrogen-bond donors (Lipinski definition) is 1. The van der Waals surface area contributed by atoms with Crippen molar-refractivity contribution >= 4 is 35.0 Å². The minimum atomic E-state index is -0.215. The van der Waals surface area contributed by atoms with E-state index in [1.54, 1.807) is 17.0 Å². The first-order chi connectivity index (χ1) is 13.4. The second-order valence-corrected chi connectivity index (χ2v) is 7.66. The summed E-state index contributed by atoms with van der Waals surface area (Å²) in [6.07, 6.45) is 1.34. The van der Waals surface area contributed by atoms with Crippen LogP contribution in [0.3, 0.4) is 0 Å². The number of amides is 2. The van der Waals surface area contributed by atoms with Crippen molar-refractivity contribution in [2.24, 2.45) is 0 Å². The van der Waals surface area contributed by atoms with Crippen LogP contribution in [0.15, 0.2) is 36.4 Å². The van der Waals surface area contributed by atoms with E-state index in [9.17, 15) is 9.59 Å². The van der Waals surface area contributed by atoms with Gasteiger partial charge < -0.3 is 15.0 Å². The smallest absolute Gasteiger partial charge is 0.259 e. The Kier molecular flexibility index (Phi) is 6.47. The van der Waals surface area contributed by atoms with Gasteiger partial charge in [0.05, 0.1) is 17.2 Å².